The lowest BCUT2D eigenvalue weighted by atomic mass is 10.1. The third kappa shape index (κ3) is 3.85. The summed E-state index contributed by atoms with van der Waals surface area (Å²) in [5.74, 6) is 1.21. The normalized spacial score (nSPS) is 12.3. The molecule has 0 radical (unpaired) electrons. The van der Waals surface area contributed by atoms with Crippen molar-refractivity contribution in [3.63, 3.8) is 0 Å². The van der Waals surface area contributed by atoms with E-state index in [1.165, 1.54) is 0 Å². The molecule has 2 aromatic heterocycles. The van der Waals surface area contributed by atoms with Gasteiger partial charge in [-0.25, -0.2) is 4.98 Å². The molecular weight excluding hydrogens is 328 g/mol. The molecule has 0 aliphatic heterocycles. The molecule has 138 valence electrons. The van der Waals surface area contributed by atoms with Crippen LogP contribution in [-0.2, 0) is 13.1 Å². The fourth-order valence-corrected chi connectivity index (χ4v) is 2.68. The van der Waals surface area contributed by atoms with Crippen molar-refractivity contribution in [2.75, 3.05) is 22.9 Å². The number of hydrogen-bond acceptors (Lipinski definition) is 7. The van der Waals surface area contributed by atoms with E-state index >= 15 is 0 Å². The van der Waals surface area contributed by atoms with Crippen molar-refractivity contribution >= 4 is 28.6 Å². The lowest BCUT2D eigenvalue weighted by molar-refractivity contribution is 0.766. The summed E-state index contributed by atoms with van der Waals surface area (Å²) in [6.07, 6.45) is 1.78. The van der Waals surface area contributed by atoms with Gasteiger partial charge in [-0.2, -0.15) is 9.97 Å². The van der Waals surface area contributed by atoms with Crippen molar-refractivity contribution < 1.29 is 0 Å². The Balaban J connectivity index is 1.91. The first-order valence-corrected chi connectivity index (χ1v) is 8.79. The second-order valence-corrected chi connectivity index (χ2v) is 6.51. The van der Waals surface area contributed by atoms with Gasteiger partial charge in [0.25, 0.3) is 0 Å². The summed E-state index contributed by atoms with van der Waals surface area (Å²) in [4.78, 5) is 13.6. The zero-order chi connectivity index (χ0) is 18.7. The summed E-state index contributed by atoms with van der Waals surface area (Å²) in [5.41, 5.74) is 16.4. The smallest absolute Gasteiger partial charge is 0.226 e. The third-order valence-electron chi connectivity index (χ3n) is 4.13. The van der Waals surface area contributed by atoms with E-state index in [2.05, 4.69) is 32.5 Å². The van der Waals surface area contributed by atoms with Crippen LogP contribution in [0.25, 0.3) is 11.2 Å². The van der Waals surface area contributed by atoms with Crippen molar-refractivity contribution in [3.05, 3.63) is 35.7 Å². The van der Waals surface area contributed by atoms with Gasteiger partial charge in [0.2, 0.25) is 5.95 Å². The Kier molecular flexibility index (Phi) is 5.22. The van der Waals surface area contributed by atoms with Gasteiger partial charge >= 0.3 is 0 Å². The van der Waals surface area contributed by atoms with Crippen LogP contribution in [0.4, 0.5) is 17.5 Å². The number of hydrogen-bond donors (Lipinski definition) is 4. The molecule has 0 amide bonds. The molecule has 2 heterocycles. The maximum absolute atomic E-state index is 6.12. The van der Waals surface area contributed by atoms with Crippen molar-refractivity contribution in [1.82, 2.24) is 19.5 Å². The van der Waals surface area contributed by atoms with Crippen LogP contribution in [-0.4, -0.2) is 32.1 Å². The molecule has 0 saturated heterocycles. The lowest BCUT2D eigenvalue weighted by Crippen LogP contribution is -2.26. The highest BCUT2D eigenvalue weighted by atomic mass is 15.2. The minimum Gasteiger partial charge on any atom is -0.398 e. The number of aryl methyl sites for hydroxylation is 2. The topological polar surface area (TPSA) is 120 Å². The first-order chi connectivity index (χ1) is 12.5. The van der Waals surface area contributed by atoms with Gasteiger partial charge in [-0.1, -0.05) is 12.1 Å². The highest BCUT2D eigenvalue weighted by Gasteiger charge is 2.13. The maximum atomic E-state index is 6.12. The number of rotatable bonds is 7. The van der Waals surface area contributed by atoms with E-state index in [0.717, 1.165) is 34.5 Å². The number of nitrogens with two attached hydrogens (primary N) is 2. The number of nitrogen functional groups attached to an aromatic ring is 1. The van der Waals surface area contributed by atoms with Gasteiger partial charge in [0.1, 0.15) is 0 Å². The van der Waals surface area contributed by atoms with Crippen molar-refractivity contribution in [2.24, 2.45) is 5.73 Å². The Labute approximate surface area is 153 Å². The molecule has 26 heavy (non-hydrogen) atoms. The maximum Gasteiger partial charge on any atom is 0.226 e. The van der Waals surface area contributed by atoms with Crippen LogP contribution in [0, 0.1) is 6.92 Å². The first kappa shape index (κ1) is 17.9. The molecule has 1 unspecified atom stereocenters. The van der Waals surface area contributed by atoms with Crippen molar-refractivity contribution in [2.45, 2.75) is 39.9 Å². The molecule has 8 heteroatoms. The molecule has 0 spiro atoms. The van der Waals surface area contributed by atoms with Gasteiger partial charge < -0.3 is 26.7 Å². The van der Waals surface area contributed by atoms with Crippen LogP contribution < -0.4 is 22.1 Å². The highest BCUT2D eigenvalue weighted by Crippen LogP contribution is 2.22. The lowest BCUT2D eigenvalue weighted by Gasteiger charge is -2.12. The number of aromatic nitrogens is 4. The fourth-order valence-electron chi connectivity index (χ4n) is 2.68. The summed E-state index contributed by atoms with van der Waals surface area (Å²) in [5, 5.41) is 6.53. The molecular formula is C18H26N8. The standard InChI is InChI=1S/C18H26N8/c1-4-26-10-23-15-16(21-9-13-6-5-11(2)7-14(13)20)24-18(25-17(15)26)22-8-12(3)19/h5-7,10,12H,4,8-9,19-20H2,1-3H3,(H2,21,22,24,25). The summed E-state index contributed by atoms with van der Waals surface area (Å²) in [6, 6.07) is 6.04. The van der Waals surface area contributed by atoms with Gasteiger partial charge in [0, 0.05) is 31.4 Å². The van der Waals surface area contributed by atoms with E-state index in [4.69, 9.17) is 11.5 Å². The number of anilines is 3. The van der Waals surface area contributed by atoms with Gasteiger partial charge in [-0.15, -0.1) is 0 Å². The molecule has 6 N–H and O–H groups in total. The monoisotopic (exact) mass is 354 g/mol. The minimum atomic E-state index is 0.00847. The summed E-state index contributed by atoms with van der Waals surface area (Å²) in [6.45, 7) is 7.94. The Morgan fingerprint density at radius 3 is 2.73 bits per heavy atom. The Morgan fingerprint density at radius 1 is 1.23 bits per heavy atom. The largest absolute Gasteiger partial charge is 0.398 e. The predicted molar refractivity (Wildman–Crippen MR) is 106 cm³/mol. The SMILES string of the molecule is CCn1cnc2c(NCc3ccc(C)cc3N)nc(NCC(C)N)nc21. The summed E-state index contributed by atoms with van der Waals surface area (Å²) < 4.78 is 1.99. The van der Waals surface area contributed by atoms with Crippen LogP contribution in [0.2, 0.25) is 0 Å². The Morgan fingerprint density at radius 2 is 2.04 bits per heavy atom. The van der Waals surface area contributed by atoms with Gasteiger partial charge in [-0.05, 0) is 38.0 Å². The quantitative estimate of drug-likeness (QED) is 0.480. The highest BCUT2D eigenvalue weighted by molar-refractivity contribution is 5.84. The zero-order valence-corrected chi connectivity index (χ0v) is 15.5. The molecule has 0 aliphatic carbocycles. The van der Waals surface area contributed by atoms with E-state index in [1.54, 1.807) is 6.33 Å². The van der Waals surface area contributed by atoms with Crippen molar-refractivity contribution in [1.29, 1.82) is 0 Å². The van der Waals surface area contributed by atoms with Crippen LogP contribution in [0.15, 0.2) is 24.5 Å². The predicted octanol–water partition coefficient (Wildman–Crippen LogP) is 2.11. The molecule has 1 atom stereocenters. The van der Waals surface area contributed by atoms with E-state index in [-0.39, 0.29) is 6.04 Å². The van der Waals surface area contributed by atoms with Gasteiger partial charge in [0.05, 0.1) is 6.33 Å². The molecule has 3 aromatic rings. The van der Waals surface area contributed by atoms with Crippen LogP contribution >= 0.6 is 0 Å². The van der Waals surface area contributed by atoms with E-state index in [1.807, 2.05) is 36.6 Å². The van der Waals surface area contributed by atoms with Crippen molar-refractivity contribution in [3.8, 4) is 0 Å². The zero-order valence-electron chi connectivity index (χ0n) is 15.5. The van der Waals surface area contributed by atoms with E-state index < -0.39 is 0 Å². The Hall–Kier alpha value is -2.87. The van der Waals surface area contributed by atoms with Crippen LogP contribution in [0.5, 0.6) is 0 Å². The molecule has 3 rings (SSSR count). The first-order valence-electron chi connectivity index (χ1n) is 8.79. The molecule has 0 bridgehead atoms. The van der Waals surface area contributed by atoms with E-state index in [0.29, 0.717) is 24.9 Å². The average molecular weight is 354 g/mol. The van der Waals surface area contributed by atoms with Crippen LogP contribution in [0.3, 0.4) is 0 Å². The number of nitrogens with one attached hydrogen (secondary N) is 2. The average Bonchev–Trinajstić information content (AvgIpc) is 3.02. The third-order valence-corrected chi connectivity index (χ3v) is 4.13. The molecule has 0 saturated carbocycles. The summed E-state index contributed by atoms with van der Waals surface area (Å²) in [7, 11) is 0. The van der Waals surface area contributed by atoms with Gasteiger partial charge in [-0.3, -0.25) is 0 Å². The molecule has 1 aromatic carbocycles. The van der Waals surface area contributed by atoms with Gasteiger partial charge in [0.15, 0.2) is 17.0 Å². The second kappa shape index (κ2) is 7.57. The number of nitrogens with zero attached hydrogens (tertiary/aromatic N) is 4. The summed E-state index contributed by atoms with van der Waals surface area (Å²) >= 11 is 0. The number of benzene rings is 1. The Bertz CT molecular complexity index is 900. The fraction of sp³-hybridized carbons (Fsp3) is 0.389. The van der Waals surface area contributed by atoms with E-state index in [9.17, 15) is 0 Å². The number of imidazole rings is 1. The van der Waals surface area contributed by atoms with Crippen LogP contribution in [0.1, 0.15) is 25.0 Å². The minimum absolute atomic E-state index is 0.00847. The molecule has 0 aliphatic rings. The molecule has 0 fully saturated rings. The second-order valence-electron chi connectivity index (χ2n) is 6.51. The molecule has 8 nitrogen and oxygen atoms in total. The number of fused-ring (bicyclic) bond motifs is 1.